The molecule has 1 aliphatic carbocycles. The molecule has 136 valence electrons. The van der Waals surface area contributed by atoms with E-state index in [-0.39, 0.29) is 5.91 Å². The Balaban J connectivity index is 1.62. The predicted octanol–water partition coefficient (Wildman–Crippen LogP) is 3.06. The van der Waals surface area contributed by atoms with E-state index in [2.05, 4.69) is 10.3 Å². The number of fused-ring (bicyclic) bond motifs is 1. The van der Waals surface area contributed by atoms with Crippen molar-refractivity contribution in [1.29, 1.82) is 0 Å². The van der Waals surface area contributed by atoms with Crippen LogP contribution in [0.5, 0.6) is 5.75 Å². The van der Waals surface area contributed by atoms with E-state index in [1.54, 1.807) is 7.11 Å². The summed E-state index contributed by atoms with van der Waals surface area (Å²) >= 11 is 0. The molecule has 2 aliphatic rings. The molecule has 6 heteroatoms. The number of carbonyl (C=O) groups is 1. The Labute approximate surface area is 153 Å². The van der Waals surface area contributed by atoms with Crippen LogP contribution in [0.25, 0.3) is 0 Å². The molecule has 6 nitrogen and oxygen atoms in total. The number of aromatic nitrogens is 2. The number of amides is 1. The molecule has 1 aliphatic heterocycles. The molecule has 1 fully saturated rings. The number of methoxy groups -OCH3 is 1. The lowest BCUT2D eigenvalue weighted by atomic mass is 9.86. The van der Waals surface area contributed by atoms with Gasteiger partial charge in [0.1, 0.15) is 5.75 Å². The first-order valence-corrected chi connectivity index (χ1v) is 9.17. The van der Waals surface area contributed by atoms with Crippen LogP contribution in [0.15, 0.2) is 30.5 Å². The average molecular weight is 352 g/mol. The predicted molar refractivity (Wildman–Crippen MR) is 99.8 cm³/mol. The highest BCUT2D eigenvalue weighted by atomic mass is 16.5. The molecule has 2 aromatic rings. The molecule has 1 aromatic carbocycles. The van der Waals surface area contributed by atoms with Crippen LogP contribution in [0, 0.1) is 0 Å². The van der Waals surface area contributed by atoms with Crippen LogP contribution >= 0.6 is 0 Å². The molecule has 1 aromatic heterocycles. The van der Waals surface area contributed by atoms with E-state index in [9.17, 15) is 4.79 Å². The van der Waals surface area contributed by atoms with Gasteiger partial charge in [0.25, 0.3) is 0 Å². The van der Waals surface area contributed by atoms with E-state index in [1.807, 2.05) is 42.3 Å². The van der Waals surface area contributed by atoms with Crippen molar-refractivity contribution >= 4 is 17.5 Å². The molecule has 1 unspecified atom stereocenters. The van der Waals surface area contributed by atoms with Crippen molar-refractivity contribution in [2.75, 3.05) is 25.5 Å². The first kappa shape index (κ1) is 16.8. The Morgan fingerprint density at radius 3 is 2.88 bits per heavy atom. The van der Waals surface area contributed by atoms with Gasteiger partial charge in [-0.1, -0.05) is 6.07 Å². The Hall–Kier alpha value is -2.63. The second-order valence-corrected chi connectivity index (χ2v) is 7.26. The monoisotopic (exact) mass is 352 g/mol. The van der Waals surface area contributed by atoms with Crippen molar-refractivity contribution < 1.29 is 9.53 Å². The minimum absolute atomic E-state index is 0.208. The van der Waals surface area contributed by atoms with Crippen LogP contribution in [0.2, 0.25) is 0 Å². The van der Waals surface area contributed by atoms with E-state index in [0.717, 1.165) is 61.5 Å². The van der Waals surface area contributed by atoms with Gasteiger partial charge in [0.2, 0.25) is 11.9 Å². The summed E-state index contributed by atoms with van der Waals surface area (Å²) in [5.41, 5.74) is 2.26. The molecule has 2 heterocycles. The highest BCUT2D eigenvalue weighted by molar-refractivity contribution is 5.89. The molecule has 1 amide bonds. The van der Waals surface area contributed by atoms with Crippen LogP contribution in [-0.2, 0) is 16.6 Å². The van der Waals surface area contributed by atoms with Gasteiger partial charge in [-0.05, 0) is 50.3 Å². The summed E-state index contributed by atoms with van der Waals surface area (Å²) in [5.74, 6) is 1.49. The Morgan fingerprint density at radius 2 is 2.12 bits per heavy atom. The second kappa shape index (κ2) is 6.59. The van der Waals surface area contributed by atoms with Crippen molar-refractivity contribution in [1.82, 2.24) is 14.9 Å². The third-order valence-corrected chi connectivity index (χ3v) is 5.47. The lowest BCUT2D eigenvalue weighted by Crippen LogP contribution is -2.43. The number of hydrogen-bond donors (Lipinski definition) is 1. The molecular weight excluding hydrogens is 328 g/mol. The molecule has 0 spiro atoms. The Kier molecular flexibility index (Phi) is 4.26. The number of anilines is 2. The maximum absolute atomic E-state index is 13.1. The zero-order chi connectivity index (χ0) is 18.1. The van der Waals surface area contributed by atoms with Crippen molar-refractivity contribution in [3.05, 3.63) is 41.7 Å². The van der Waals surface area contributed by atoms with Crippen LogP contribution < -0.4 is 10.1 Å². The van der Waals surface area contributed by atoms with E-state index < -0.39 is 5.41 Å². The van der Waals surface area contributed by atoms with Gasteiger partial charge in [-0.15, -0.1) is 0 Å². The first-order valence-electron chi connectivity index (χ1n) is 9.17. The lowest BCUT2D eigenvalue weighted by molar-refractivity contribution is -0.135. The van der Waals surface area contributed by atoms with Crippen molar-refractivity contribution in [2.24, 2.45) is 0 Å². The van der Waals surface area contributed by atoms with E-state index in [1.165, 1.54) is 0 Å². The topological polar surface area (TPSA) is 67.3 Å². The number of ether oxygens (including phenoxy) is 1. The van der Waals surface area contributed by atoms with Crippen molar-refractivity contribution in [2.45, 2.75) is 38.0 Å². The largest absolute Gasteiger partial charge is 0.497 e. The number of likely N-dealkylation sites (tertiary alicyclic amines) is 1. The fourth-order valence-electron chi connectivity index (χ4n) is 3.94. The zero-order valence-corrected chi connectivity index (χ0v) is 15.3. The number of rotatable bonds is 4. The average Bonchev–Trinajstić information content (AvgIpc) is 3.31. The van der Waals surface area contributed by atoms with Gasteiger partial charge in [0.05, 0.1) is 18.2 Å². The van der Waals surface area contributed by atoms with Crippen LogP contribution in [-0.4, -0.2) is 41.0 Å². The van der Waals surface area contributed by atoms with E-state index in [0.29, 0.717) is 5.95 Å². The number of nitrogens with zero attached hydrogens (tertiary/aromatic N) is 3. The minimum Gasteiger partial charge on any atom is -0.497 e. The zero-order valence-electron chi connectivity index (χ0n) is 15.3. The third kappa shape index (κ3) is 2.89. The van der Waals surface area contributed by atoms with Crippen LogP contribution in [0.4, 0.5) is 11.6 Å². The summed E-state index contributed by atoms with van der Waals surface area (Å²) in [7, 11) is 1.64. The number of carbonyl (C=O) groups excluding carboxylic acids is 1. The first-order chi connectivity index (χ1) is 12.6. The fraction of sp³-hybridized carbons (Fsp3) is 0.450. The van der Waals surface area contributed by atoms with Gasteiger partial charge < -0.3 is 15.0 Å². The summed E-state index contributed by atoms with van der Waals surface area (Å²) in [4.78, 5) is 24.3. The standard InChI is InChI=1S/C20H24N4O2/c1-20(18(25)24-10-3-4-11-24)9-8-14-13-21-19(23-17(14)20)22-15-6-5-7-16(12-15)26-2/h5-7,12-13H,3-4,8-11H2,1-2H3,(H,21,22,23). The SMILES string of the molecule is COc1cccc(Nc2ncc3c(n2)C(C)(C(=O)N2CCCC2)CC3)c1. The number of nitrogens with one attached hydrogen (secondary N) is 1. The molecule has 4 rings (SSSR count). The number of aryl methyl sites for hydroxylation is 1. The van der Waals surface area contributed by atoms with E-state index in [4.69, 9.17) is 9.72 Å². The van der Waals surface area contributed by atoms with Gasteiger partial charge in [-0.25, -0.2) is 9.97 Å². The number of benzene rings is 1. The Morgan fingerprint density at radius 1 is 1.31 bits per heavy atom. The van der Waals surface area contributed by atoms with Crippen molar-refractivity contribution in [3.8, 4) is 5.75 Å². The van der Waals surface area contributed by atoms with Gasteiger partial charge in [-0.3, -0.25) is 4.79 Å². The maximum atomic E-state index is 13.1. The highest BCUT2D eigenvalue weighted by Gasteiger charge is 2.45. The molecular formula is C20H24N4O2. The molecule has 1 atom stereocenters. The van der Waals surface area contributed by atoms with Crippen molar-refractivity contribution in [3.63, 3.8) is 0 Å². The molecule has 0 radical (unpaired) electrons. The van der Waals surface area contributed by atoms with Gasteiger partial charge >= 0.3 is 0 Å². The molecule has 0 saturated carbocycles. The molecule has 1 saturated heterocycles. The van der Waals surface area contributed by atoms with Gasteiger partial charge in [0, 0.05) is 31.0 Å². The summed E-state index contributed by atoms with van der Waals surface area (Å²) in [5, 5.41) is 3.23. The summed E-state index contributed by atoms with van der Waals surface area (Å²) in [6.07, 6.45) is 5.70. The maximum Gasteiger partial charge on any atom is 0.234 e. The smallest absolute Gasteiger partial charge is 0.234 e. The Bertz CT molecular complexity index is 832. The van der Waals surface area contributed by atoms with E-state index >= 15 is 0 Å². The quantitative estimate of drug-likeness (QED) is 0.916. The van der Waals surface area contributed by atoms with Crippen LogP contribution in [0.3, 0.4) is 0 Å². The van der Waals surface area contributed by atoms with Gasteiger partial charge in [-0.2, -0.15) is 0 Å². The van der Waals surface area contributed by atoms with Crippen LogP contribution in [0.1, 0.15) is 37.4 Å². The highest BCUT2D eigenvalue weighted by Crippen LogP contribution is 2.40. The second-order valence-electron chi connectivity index (χ2n) is 7.26. The molecule has 1 N–H and O–H groups in total. The summed E-state index contributed by atoms with van der Waals surface area (Å²) in [6.45, 7) is 3.76. The third-order valence-electron chi connectivity index (χ3n) is 5.47. The summed E-state index contributed by atoms with van der Waals surface area (Å²) in [6, 6.07) is 7.63. The minimum atomic E-state index is -0.548. The lowest BCUT2D eigenvalue weighted by Gasteiger charge is -2.29. The molecule has 26 heavy (non-hydrogen) atoms. The number of hydrogen-bond acceptors (Lipinski definition) is 5. The molecule has 0 bridgehead atoms. The van der Waals surface area contributed by atoms with Gasteiger partial charge in [0.15, 0.2) is 0 Å². The fourth-order valence-corrected chi connectivity index (χ4v) is 3.94. The normalized spacial score (nSPS) is 21.5. The summed E-state index contributed by atoms with van der Waals surface area (Å²) < 4.78 is 5.26.